The van der Waals surface area contributed by atoms with E-state index in [1.807, 2.05) is 37.5 Å². The van der Waals surface area contributed by atoms with E-state index in [0.717, 1.165) is 28.2 Å². The Balaban J connectivity index is 0.000000149. The van der Waals surface area contributed by atoms with Gasteiger partial charge in [-0.1, -0.05) is 56.2 Å². The second-order valence-electron chi connectivity index (χ2n) is 13.1. The SMILES string of the molecule is Cc1ccc(S(=O)(=O)n2ccc3c2ncc2ccc(C4CCCCC4)n23)cc1.c1cc2c(ncc3ccc(C4CCCCC4)n32)[nH]1. The van der Waals surface area contributed by atoms with Crippen LogP contribution in [0.1, 0.15) is 93.0 Å². The highest BCUT2D eigenvalue weighted by atomic mass is 32.2. The summed E-state index contributed by atoms with van der Waals surface area (Å²) in [5.74, 6) is 1.25. The molecule has 0 radical (unpaired) electrons. The zero-order valence-electron chi connectivity index (χ0n) is 26.3. The summed E-state index contributed by atoms with van der Waals surface area (Å²) in [5.41, 5.74) is 9.50. The van der Waals surface area contributed by atoms with Crippen LogP contribution in [-0.4, -0.2) is 36.1 Å². The van der Waals surface area contributed by atoms with Gasteiger partial charge >= 0.3 is 0 Å². The first-order valence-electron chi connectivity index (χ1n) is 16.7. The summed E-state index contributed by atoms with van der Waals surface area (Å²) in [6, 6.07) is 19.7. The van der Waals surface area contributed by atoms with Crippen LogP contribution in [0.25, 0.3) is 33.4 Å². The van der Waals surface area contributed by atoms with Crippen LogP contribution in [0.5, 0.6) is 0 Å². The summed E-state index contributed by atoms with van der Waals surface area (Å²) in [4.78, 5) is 12.4. The molecule has 8 nitrogen and oxygen atoms in total. The minimum Gasteiger partial charge on any atom is -0.345 e. The number of fused-ring (bicyclic) bond motifs is 6. The fraction of sp³-hybridized carbons (Fsp3) is 0.351. The quantitative estimate of drug-likeness (QED) is 0.210. The molecule has 6 heterocycles. The second-order valence-corrected chi connectivity index (χ2v) is 14.9. The molecule has 0 atom stereocenters. The molecule has 9 rings (SSSR count). The maximum absolute atomic E-state index is 13.2. The van der Waals surface area contributed by atoms with E-state index in [0.29, 0.717) is 11.6 Å². The van der Waals surface area contributed by atoms with Crippen LogP contribution in [0.2, 0.25) is 0 Å². The highest BCUT2D eigenvalue weighted by molar-refractivity contribution is 7.90. The van der Waals surface area contributed by atoms with Gasteiger partial charge in [-0.25, -0.2) is 22.4 Å². The highest BCUT2D eigenvalue weighted by Crippen LogP contribution is 2.36. The first-order valence-corrected chi connectivity index (χ1v) is 18.2. The molecule has 2 saturated carbocycles. The Morgan fingerprint density at radius 1 is 0.674 bits per heavy atom. The Kier molecular flexibility index (Phi) is 7.44. The number of nitrogens with zero attached hydrogens (tertiary/aromatic N) is 5. The number of aryl methyl sites for hydroxylation is 1. The topological polar surface area (TPSA) is 89.5 Å². The predicted octanol–water partition coefficient (Wildman–Crippen LogP) is 8.75. The van der Waals surface area contributed by atoms with Crippen LogP contribution in [0.15, 0.2) is 90.3 Å². The van der Waals surface area contributed by atoms with Gasteiger partial charge < -0.3 is 13.8 Å². The maximum Gasteiger partial charge on any atom is 0.269 e. The van der Waals surface area contributed by atoms with E-state index in [2.05, 4.69) is 54.1 Å². The first kappa shape index (κ1) is 29.1. The predicted molar refractivity (Wildman–Crippen MR) is 183 cm³/mol. The third kappa shape index (κ3) is 5.01. The third-order valence-electron chi connectivity index (χ3n) is 10.1. The summed E-state index contributed by atoms with van der Waals surface area (Å²) in [6.45, 7) is 1.94. The van der Waals surface area contributed by atoms with Crippen LogP contribution in [0.4, 0.5) is 0 Å². The van der Waals surface area contributed by atoms with Crippen molar-refractivity contribution < 1.29 is 8.42 Å². The summed E-state index contributed by atoms with van der Waals surface area (Å²) in [6.07, 6.45) is 20.4. The molecule has 9 heteroatoms. The van der Waals surface area contributed by atoms with Gasteiger partial charge in [-0.15, -0.1) is 0 Å². The van der Waals surface area contributed by atoms with Gasteiger partial charge in [-0.05, 0) is 93.0 Å². The van der Waals surface area contributed by atoms with Crippen molar-refractivity contribution in [2.45, 2.75) is 87.9 Å². The van der Waals surface area contributed by atoms with Crippen molar-refractivity contribution >= 4 is 43.4 Å². The van der Waals surface area contributed by atoms with Crippen molar-refractivity contribution in [2.75, 3.05) is 0 Å². The van der Waals surface area contributed by atoms with Crippen molar-refractivity contribution in [1.82, 2.24) is 27.7 Å². The lowest BCUT2D eigenvalue weighted by atomic mass is 9.87. The Morgan fingerprint density at radius 2 is 1.26 bits per heavy atom. The number of benzene rings is 1. The smallest absolute Gasteiger partial charge is 0.269 e. The van der Waals surface area contributed by atoms with Crippen molar-refractivity contribution in [2.24, 2.45) is 0 Å². The molecule has 0 saturated heterocycles. The van der Waals surface area contributed by atoms with Gasteiger partial charge in [0.1, 0.15) is 0 Å². The number of hydrogen-bond acceptors (Lipinski definition) is 4. The molecule has 1 N–H and O–H groups in total. The molecular formula is C37H40N6O2S. The Hall–Kier alpha value is -4.37. The fourth-order valence-corrected chi connectivity index (χ4v) is 9.03. The average Bonchev–Trinajstić information content (AvgIpc) is 3.90. The van der Waals surface area contributed by atoms with E-state index in [4.69, 9.17) is 0 Å². The minimum atomic E-state index is -3.69. The van der Waals surface area contributed by atoms with E-state index >= 15 is 0 Å². The lowest BCUT2D eigenvalue weighted by Gasteiger charge is -2.22. The standard InChI is InChI=1S/C22H23N3O2S.C15H17N3/c1-16-7-10-19(11-8-16)28(26,27)24-14-13-21-22(24)23-15-18-9-12-20(25(18)21)17-5-3-2-4-6-17;1-2-4-11(5-3-1)13-7-6-12-10-17-15-14(18(12)13)8-9-16-15/h7-15,17H,2-6H2,1H3;6-11,16H,1-5H2. The largest absolute Gasteiger partial charge is 0.345 e. The van der Waals surface area contributed by atoms with Gasteiger partial charge in [-0.3, -0.25) is 0 Å². The van der Waals surface area contributed by atoms with Crippen LogP contribution < -0.4 is 0 Å². The minimum absolute atomic E-state index is 0.275. The third-order valence-corrected chi connectivity index (χ3v) is 11.8. The number of H-pyrrole nitrogens is 1. The molecule has 2 aliphatic carbocycles. The Bertz CT molecular complexity index is 2260. The molecule has 0 unspecified atom stereocenters. The number of aromatic amines is 1. The van der Waals surface area contributed by atoms with Gasteiger partial charge in [0, 0.05) is 23.8 Å². The Labute approximate surface area is 269 Å². The highest BCUT2D eigenvalue weighted by Gasteiger charge is 2.24. The van der Waals surface area contributed by atoms with E-state index in [-0.39, 0.29) is 4.90 Å². The van der Waals surface area contributed by atoms with E-state index in [1.165, 1.54) is 90.6 Å². The summed E-state index contributed by atoms with van der Waals surface area (Å²) in [7, 11) is -3.69. The molecule has 236 valence electrons. The molecule has 1 aromatic carbocycles. The maximum atomic E-state index is 13.2. The molecule has 46 heavy (non-hydrogen) atoms. The molecular weight excluding hydrogens is 593 g/mol. The van der Waals surface area contributed by atoms with E-state index in [9.17, 15) is 8.42 Å². The van der Waals surface area contributed by atoms with E-state index < -0.39 is 10.0 Å². The summed E-state index contributed by atoms with van der Waals surface area (Å²) in [5, 5.41) is 0. The van der Waals surface area contributed by atoms with Crippen molar-refractivity contribution in [3.63, 3.8) is 0 Å². The average molecular weight is 633 g/mol. The lowest BCUT2D eigenvalue weighted by molar-refractivity contribution is 0.436. The molecule has 2 fully saturated rings. The van der Waals surface area contributed by atoms with Gasteiger partial charge in [0.15, 0.2) is 11.3 Å². The number of aromatic nitrogens is 6. The normalized spacial score (nSPS) is 16.8. The van der Waals surface area contributed by atoms with Gasteiger partial charge in [0.25, 0.3) is 10.0 Å². The number of nitrogens with one attached hydrogen (secondary N) is 1. The zero-order chi connectivity index (χ0) is 31.3. The molecule has 0 amide bonds. The first-order chi connectivity index (χ1) is 22.5. The molecule has 0 aliphatic heterocycles. The Morgan fingerprint density at radius 3 is 1.89 bits per heavy atom. The van der Waals surface area contributed by atoms with Crippen molar-refractivity contribution in [3.05, 3.63) is 102 Å². The molecule has 7 aromatic rings. The van der Waals surface area contributed by atoms with E-state index in [1.54, 1.807) is 24.5 Å². The number of rotatable bonds is 4. The van der Waals surface area contributed by atoms with Crippen LogP contribution >= 0.6 is 0 Å². The van der Waals surface area contributed by atoms with Gasteiger partial charge in [-0.2, -0.15) is 0 Å². The molecule has 6 aromatic heterocycles. The van der Waals surface area contributed by atoms with Crippen molar-refractivity contribution in [3.8, 4) is 0 Å². The number of hydrogen-bond donors (Lipinski definition) is 1. The van der Waals surface area contributed by atoms with Gasteiger partial charge in [0.05, 0.1) is 39.4 Å². The van der Waals surface area contributed by atoms with Crippen LogP contribution in [0, 0.1) is 6.92 Å². The lowest BCUT2D eigenvalue weighted by Crippen LogP contribution is -2.13. The summed E-state index contributed by atoms with van der Waals surface area (Å²) >= 11 is 0. The van der Waals surface area contributed by atoms with Crippen molar-refractivity contribution in [1.29, 1.82) is 0 Å². The zero-order valence-corrected chi connectivity index (χ0v) is 27.1. The molecule has 0 spiro atoms. The van der Waals surface area contributed by atoms with Crippen LogP contribution in [-0.2, 0) is 10.0 Å². The molecule has 0 bridgehead atoms. The monoisotopic (exact) mass is 632 g/mol. The van der Waals surface area contributed by atoms with Crippen LogP contribution in [0.3, 0.4) is 0 Å². The van der Waals surface area contributed by atoms with Gasteiger partial charge in [0.2, 0.25) is 0 Å². The fourth-order valence-electron chi connectivity index (χ4n) is 7.74. The summed E-state index contributed by atoms with van der Waals surface area (Å²) < 4.78 is 32.3. The molecule has 2 aliphatic rings. The second kappa shape index (κ2) is 11.8.